The van der Waals surface area contributed by atoms with E-state index in [0.717, 1.165) is 15.0 Å². The first-order valence-corrected chi connectivity index (χ1v) is 8.83. The monoisotopic (exact) mass is 459 g/mol. The molecule has 3 heterocycles. The number of benzene rings is 1. The van der Waals surface area contributed by atoms with E-state index in [0.29, 0.717) is 22.8 Å². The predicted molar refractivity (Wildman–Crippen MR) is 106 cm³/mol. The lowest BCUT2D eigenvalue weighted by molar-refractivity contribution is 0.102. The van der Waals surface area contributed by atoms with Crippen LogP contribution in [0.1, 0.15) is 16.1 Å². The molecular weight excluding hydrogens is 445 g/mol. The summed E-state index contributed by atoms with van der Waals surface area (Å²) in [4.78, 5) is 17.0. The fourth-order valence-corrected chi connectivity index (χ4v) is 3.24. The molecule has 0 saturated carbocycles. The highest BCUT2D eigenvalue weighted by atomic mass is 127. The number of halogens is 1. The van der Waals surface area contributed by atoms with Gasteiger partial charge in [0.1, 0.15) is 17.2 Å². The molecule has 0 spiro atoms. The Morgan fingerprint density at radius 2 is 2.08 bits per heavy atom. The van der Waals surface area contributed by atoms with Crippen LogP contribution >= 0.6 is 22.6 Å². The van der Waals surface area contributed by atoms with Crippen molar-refractivity contribution in [3.8, 4) is 5.69 Å². The maximum Gasteiger partial charge on any atom is 0.262 e. The molecule has 1 amide bonds. The summed E-state index contributed by atoms with van der Waals surface area (Å²) in [6.45, 7) is 1.87. The number of fused-ring (bicyclic) bond motifs is 1. The van der Waals surface area contributed by atoms with Crippen LogP contribution in [0.2, 0.25) is 0 Å². The first kappa shape index (κ1) is 16.5. The molecule has 0 fully saturated rings. The maximum atomic E-state index is 12.8. The van der Waals surface area contributed by atoms with Crippen LogP contribution in [0.15, 0.2) is 48.8 Å². The number of nitrogen functional groups attached to an aromatic ring is 1. The van der Waals surface area contributed by atoms with Gasteiger partial charge in [-0.05, 0) is 47.7 Å². The number of carbonyl (C=O) groups is 1. The Labute approximate surface area is 162 Å². The zero-order valence-electron chi connectivity index (χ0n) is 13.7. The number of aryl methyl sites for hydroxylation is 1. The van der Waals surface area contributed by atoms with Gasteiger partial charge >= 0.3 is 0 Å². The van der Waals surface area contributed by atoms with Crippen molar-refractivity contribution in [2.45, 2.75) is 6.92 Å². The van der Waals surface area contributed by atoms with Crippen molar-refractivity contribution in [1.82, 2.24) is 24.4 Å². The van der Waals surface area contributed by atoms with Gasteiger partial charge in [-0.25, -0.2) is 14.2 Å². The van der Waals surface area contributed by atoms with Crippen LogP contribution in [-0.4, -0.2) is 30.3 Å². The largest absolute Gasteiger partial charge is 0.384 e. The van der Waals surface area contributed by atoms with Gasteiger partial charge in [0.25, 0.3) is 5.91 Å². The smallest absolute Gasteiger partial charge is 0.262 e. The number of carbonyl (C=O) groups excluding carboxylic acids is 1. The highest BCUT2D eigenvalue weighted by molar-refractivity contribution is 14.1. The van der Waals surface area contributed by atoms with Gasteiger partial charge in [-0.1, -0.05) is 12.1 Å². The lowest BCUT2D eigenvalue weighted by Crippen LogP contribution is -2.15. The van der Waals surface area contributed by atoms with E-state index in [2.05, 4.69) is 43.1 Å². The minimum absolute atomic E-state index is 0.326. The van der Waals surface area contributed by atoms with Crippen molar-refractivity contribution in [2.24, 2.45) is 0 Å². The molecule has 8 nitrogen and oxygen atoms in total. The standard InChI is InChI=1S/C17H14IN7O/c1-10-8-15(25(23-10)13-5-3-2-4-12(13)18)22-17(26)11-9-20-24-7-6-14(19)21-16(11)24/h2-9H,1H3,(H2,19,21)(H,22,26). The van der Waals surface area contributed by atoms with Gasteiger partial charge in [0.05, 0.1) is 17.6 Å². The van der Waals surface area contributed by atoms with E-state index >= 15 is 0 Å². The third-order valence-electron chi connectivity index (χ3n) is 3.79. The van der Waals surface area contributed by atoms with Crippen LogP contribution in [-0.2, 0) is 0 Å². The minimum atomic E-state index is -0.329. The van der Waals surface area contributed by atoms with Crippen LogP contribution in [0.3, 0.4) is 0 Å². The summed E-state index contributed by atoms with van der Waals surface area (Å²) in [7, 11) is 0. The Bertz CT molecular complexity index is 1130. The third kappa shape index (κ3) is 2.90. The number of anilines is 2. The van der Waals surface area contributed by atoms with Crippen molar-refractivity contribution >= 4 is 45.8 Å². The van der Waals surface area contributed by atoms with Crippen LogP contribution in [0, 0.1) is 10.5 Å². The lowest BCUT2D eigenvalue weighted by Gasteiger charge is -2.10. The van der Waals surface area contributed by atoms with E-state index in [-0.39, 0.29) is 5.91 Å². The Kier molecular flexibility index (Phi) is 4.07. The highest BCUT2D eigenvalue weighted by Gasteiger charge is 2.18. The Morgan fingerprint density at radius 1 is 1.27 bits per heavy atom. The summed E-state index contributed by atoms with van der Waals surface area (Å²) in [5, 5.41) is 11.5. The molecule has 4 aromatic rings. The fourth-order valence-electron chi connectivity index (χ4n) is 2.62. The SMILES string of the molecule is Cc1cc(NC(=O)c2cnn3ccc(N)nc23)n(-c2ccccc2I)n1. The summed E-state index contributed by atoms with van der Waals surface area (Å²) in [5.74, 6) is 0.567. The van der Waals surface area contributed by atoms with Gasteiger partial charge in [-0.2, -0.15) is 10.2 Å². The van der Waals surface area contributed by atoms with Gasteiger partial charge in [-0.15, -0.1) is 0 Å². The van der Waals surface area contributed by atoms with Crippen molar-refractivity contribution in [3.63, 3.8) is 0 Å². The molecule has 4 rings (SSSR count). The van der Waals surface area contributed by atoms with Crippen molar-refractivity contribution in [1.29, 1.82) is 0 Å². The second-order valence-corrected chi connectivity index (χ2v) is 6.83. The molecule has 0 saturated heterocycles. The van der Waals surface area contributed by atoms with Crippen LogP contribution in [0.25, 0.3) is 11.3 Å². The number of nitrogens with zero attached hydrogens (tertiary/aromatic N) is 5. The van der Waals surface area contributed by atoms with Gasteiger partial charge in [0.2, 0.25) is 0 Å². The quantitative estimate of drug-likeness (QED) is 0.459. The van der Waals surface area contributed by atoms with Crippen molar-refractivity contribution in [2.75, 3.05) is 11.1 Å². The Morgan fingerprint density at radius 3 is 2.88 bits per heavy atom. The second-order valence-electron chi connectivity index (χ2n) is 5.67. The molecule has 0 unspecified atom stereocenters. The van der Waals surface area contributed by atoms with E-state index < -0.39 is 0 Å². The summed E-state index contributed by atoms with van der Waals surface area (Å²) in [5.41, 5.74) is 8.15. The number of para-hydroxylation sites is 1. The average Bonchev–Trinajstić information content (AvgIpc) is 3.18. The molecule has 3 N–H and O–H groups in total. The predicted octanol–water partition coefficient (Wildman–Crippen LogP) is 2.66. The molecule has 0 radical (unpaired) electrons. The van der Waals surface area contributed by atoms with Crippen LogP contribution in [0.4, 0.5) is 11.6 Å². The average molecular weight is 459 g/mol. The zero-order valence-corrected chi connectivity index (χ0v) is 15.9. The number of rotatable bonds is 3. The molecule has 0 aliphatic rings. The van der Waals surface area contributed by atoms with E-state index in [9.17, 15) is 4.79 Å². The summed E-state index contributed by atoms with van der Waals surface area (Å²) >= 11 is 2.24. The van der Waals surface area contributed by atoms with Gasteiger partial charge in [-0.3, -0.25) is 4.79 Å². The van der Waals surface area contributed by atoms with E-state index in [1.807, 2.05) is 37.3 Å². The summed E-state index contributed by atoms with van der Waals surface area (Å²) < 4.78 is 4.24. The van der Waals surface area contributed by atoms with Gasteiger partial charge in [0, 0.05) is 15.8 Å². The lowest BCUT2D eigenvalue weighted by atomic mass is 10.3. The van der Waals surface area contributed by atoms with E-state index in [4.69, 9.17) is 5.73 Å². The van der Waals surface area contributed by atoms with Crippen LogP contribution in [0.5, 0.6) is 0 Å². The number of nitrogens with one attached hydrogen (secondary N) is 1. The molecule has 26 heavy (non-hydrogen) atoms. The first-order chi connectivity index (χ1) is 12.5. The zero-order chi connectivity index (χ0) is 18.3. The summed E-state index contributed by atoms with van der Waals surface area (Å²) in [6.07, 6.45) is 3.13. The van der Waals surface area contributed by atoms with E-state index in [1.54, 1.807) is 16.9 Å². The third-order valence-corrected chi connectivity index (χ3v) is 4.70. The molecule has 9 heteroatoms. The molecular formula is C17H14IN7O. The summed E-state index contributed by atoms with van der Waals surface area (Å²) in [6, 6.07) is 11.2. The molecule has 0 bridgehead atoms. The molecule has 0 aliphatic carbocycles. The number of nitrogens with two attached hydrogens (primary N) is 1. The maximum absolute atomic E-state index is 12.8. The fraction of sp³-hybridized carbons (Fsp3) is 0.0588. The normalized spacial score (nSPS) is 11.0. The van der Waals surface area contributed by atoms with Gasteiger partial charge < -0.3 is 11.1 Å². The van der Waals surface area contributed by atoms with Crippen molar-refractivity contribution < 1.29 is 4.79 Å². The highest BCUT2D eigenvalue weighted by Crippen LogP contribution is 2.22. The van der Waals surface area contributed by atoms with Crippen molar-refractivity contribution in [3.05, 3.63) is 63.6 Å². The molecule has 1 aromatic carbocycles. The minimum Gasteiger partial charge on any atom is -0.384 e. The first-order valence-electron chi connectivity index (χ1n) is 7.76. The molecule has 130 valence electrons. The number of hydrogen-bond donors (Lipinski definition) is 2. The topological polar surface area (TPSA) is 103 Å². The number of amides is 1. The van der Waals surface area contributed by atoms with Crippen LogP contribution < -0.4 is 11.1 Å². The van der Waals surface area contributed by atoms with Gasteiger partial charge in [0.15, 0.2) is 5.65 Å². The number of hydrogen-bond acceptors (Lipinski definition) is 5. The second kappa shape index (κ2) is 6.41. The van der Waals surface area contributed by atoms with E-state index in [1.165, 1.54) is 10.7 Å². The molecule has 0 aliphatic heterocycles. The molecule has 3 aromatic heterocycles. The molecule has 0 atom stereocenters. The number of aromatic nitrogens is 5. The Hall–Kier alpha value is -2.95. The Balaban J connectivity index is 1.72.